The Bertz CT molecular complexity index is 1700. The number of likely N-dealkylation sites (tertiary alicyclic amines) is 1. The molecule has 0 spiro atoms. The average molecular weight is 676 g/mol. The molecule has 3 amide bonds. The van der Waals surface area contributed by atoms with Crippen molar-refractivity contribution in [2.24, 2.45) is 11.8 Å². The first-order valence-electron chi connectivity index (χ1n) is 16.2. The molecule has 3 aromatic rings. The Morgan fingerprint density at radius 3 is 2.24 bits per heavy atom. The third-order valence-electron chi connectivity index (χ3n) is 8.85. The maximum Gasteiger partial charge on any atom is 0.416 e. The molecule has 11 heteroatoms. The molecule has 0 radical (unpaired) electrons. The number of β-lactam (4-membered cyclic amide) rings is 1. The van der Waals surface area contributed by atoms with Gasteiger partial charge < -0.3 is 20.3 Å². The van der Waals surface area contributed by atoms with Gasteiger partial charge in [-0.3, -0.25) is 19.2 Å². The highest BCUT2D eigenvalue weighted by Gasteiger charge is 2.59. The van der Waals surface area contributed by atoms with Gasteiger partial charge >= 0.3 is 12.1 Å². The quantitative estimate of drug-likeness (QED) is 0.201. The van der Waals surface area contributed by atoms with Gasteiger partial charge in [0, 0.05) is 12.5 Å². The van der Waals surface area contributed by atoms with Crippen LogP contribution in [0.5, 0.6) is 0 Å². The van der Waals surface area contributed by atoms with Gasteiger partial charge in [0.1, 0.15) is 11.6 Å². The number of hydrogen-bond acceptors (Lipinski definition) is 5. The van der Waals surface area contributed by atoms with E-state index in [0.29, 0.717) is 6.54 Å². The first kappa shape index (κ1) is 35.4. The van der Waals surface area contributed by atoms with Gasteiger partial charge in [0.25, 0.3) is 0 Å². The standard InChI is InChI=1S/C38H40F3N3O5/c1-23(26-16-11-17-27(20-26)38(39,40)41)43-34(46)30(21-31(45)49-37(2,3)4)44-29(19-18-24-12-7-5-8-13-24)33(36(44)48)32-28(22-42-35(32)47)25-14-9-6-10-15-25/h5-20,23,28-30,32-33H,21-22H2,1-4H3,(H,42,47)(H,43,46)/t23-,28-,29-,30-,32?,33-/m1/s1. The largest absolute Gasteiger partial charge is 0.460 e. The van der Waals surface area contributed by atoms with Crippen molar-refractivity contribution in [2.45, 2.75) is 69.9 Å². The van der Waals surface area contributed by atoms with Crippen LogP contribution in [0, 0.1) is 11.8 Å². The average Bonchev–Trinajstić information content (AvgIpc) is 3.42. The molecule has 8 nitrogen and oxygen atoms in total. The highest BCUT2D eigenvalue weighted by atomic mass is 19.4. The van der Waals surface area contributed by atoms with E-state index < -0.39 is 71.5 Å². The second-order valence-corrected chi connectivity index (χ2v) is 13.5. The fraction of sp³-hybridized carbons (Fsp3) is 0.368. The first-order chi connectivity index (χ1) is 23.1. The third kappa shape index (κ3) is 8.21. The van der Waals surface area contributed by atoms with Gasteiger partial charge in [-0.25, -0.2) is 0 Å². The molecule has 0 aromatic heterocycles. The van der Waals surface area contributed by atoms with Crippen molar-refractivity contribution in [3.63, 3.8) is 0 Å². The van der Waals surface area contributed by atoms with E-state index in [-0.39, 0.29) is 17.4 Å². The number of hydrogen-bond donors (Lipinski definition) is 2. The van der Waals surface area contributed by atoms with Crippen LogP contribution >= 0.6 is 0 Å². The lowest BCUT2D eigenvalue weighted by molar-refractivity contribution is -0.171. The summed E-state index contributed by atoms with van der Waals surface area (Å²) < 4.78 is 45.9. The zero-order chi connectivity index (χ0) is 35.5. The molecule has 258 valence electrons. The van der Waals surface area contributed by atoms with Crippen LogP contribution in [0.1, 0.15) is 68.3 Å². The van der Waals surface area contributed by atoms with Crippen LogP contribution in [0.3, 0.4) is 0 Å². The second kappa shape index (κ2) is 14.3. The predicted octanol–water partition coefficient (Wildman–Crippen LogP) is 6.05. The number of esters is 1. The summed E-state index contributed by atoms with van der Waals surface area (Å²) in [5.41, 5.74) is 0.151. The number of ether oxygens (including phenoxy) is 1. The van der Waals surface area contributed by atoms with Gasteiger partial charge in [-0.05, 0) is 56.5 Å². The number of nitrogens with zero attached hydrogens (tertiary/aromatic N) is 1. The second-order valence-electron chi connectivity index (χ2n) is 13.5. The monoisotopic (exact) mass is 675 g/mol. The summed E-state index contributed by atoms with van der Waals surface area (Å²) in [4.78, 5) is 56.2. The Balaban J connectivity index is 1.50. The summed E-state index contributed by atoms with van der Waals surface area (Å²) in [6, 6.07) is 20.3. The number of benzene rings is 3. The minimum Gasteiger partial charge on any atom is -0.460 e. The minimum atomic E-state index is -4.58. The number of alkyl halides is 3. The van der Waals surface area contributed by atoms with Gasteiger partial charge in [-0.2, -0.15) is 13.2 Å². The summed E-state index contributed by atoms with van der Waals surface area (Å²) in [5.74, 6) is -4.14. The maximum absolute atomic E-state index is 14.3. The molecular formula is C38H40F3N3O5. The van der Waals surface area contributed by atoms with E-state index >= 15 is 0 Å². The molecular weight excluding hydrogens is 635 g/mol. The van der Waals surface area contributed by atoms with E-state index in [1.807, 2.05) is 60.7 Å². The summed E-state index contributed by atoms with van der Waals surface area (Å²) in [7, 11) is 0. The molecule has 2 aliphatic heterocycles. The van der Waals surface area contributed by atoms with Crippen LogP contribution in [0.2, 0.25) is 0 Å². The normalized spacial score (nSPS) is 22.3. The molecule has 49 heavy (non-hydrogen) atoms. The van der Waals surface area contributed by atoms with E-state index in [4.69, 9.17) is 4.74 Å². The number of halogens is 3. The summed E-state index contributed by atoms with van der Waals surface area (Å²) >= 11 is 0. The smallest absolute Gasteiger partial charge is 0.416 e. The molecule has 2 fully saturated rings. The lowest BCUT2D eigenvalue weighted by Crippen LogP contribution is -2.69. The van der Waals surface area contributed by atoms with Crippen molar-refractivity contribution in [2.75, 3.05) is 6.54 Å². The van der Waals surface area contributed by atoms with Crippen LogP contribution in [0.25, 0.3) is 6.08 Å². The van der Waals surface area contributed by atoms with Gasteiger partial charge in [-0.15, -0.1) is 0 Å². The molecule has 1 unspecified atom stereocenters. The Morgan fingerprint density at radius 1 is 0.959 bits per heavy atom. The fourth-order valence-corrected chi connectivity index (χ4v) is 6.58. The van der Waals surface area contributed by atoms with Gasteiger partial charge in [-0.1, -0.05) is 84.9 Å². The highest BCUT2D eigenvalue weighted by Crippen LogP contribution is 2.45. The van der Waals surface area contributed by atoms with Gasteiger partial charge in [0.2, 0.25) is 17.7 Å². The molecule has 0 saturated carbocycles. The van der Waals surface area contributed by atoms with E-state index in [2.05, 4.69) is 10.6 Å². The lowest BCUT2D eigenvalue weighted by atomic mass is 9.70. The SMILES string of the molecule is C[C@@H](NC(=O)[C@@H](CC(=O)OC(C)(C)C)N1C(=O)[C@@H](C2C(=O)NC[C@@H]2c2ccccc2)[C@H]1C=Cc1ccccc1)c1cccc(C(F)(F)F)c1. The number of amides is 3. The first-order valence-corrected chi connectivity index (χ1v) is 16.2. The van der Waals surface area contributed by atoms with Crippen LogP contribution < -0.4 is 10.6 Å². The molecule has 2 saturated heterocycles. The summed E-state index contributed by atoms with van der Waals surface area (Å²) in [6.07, 6.45) is -1.53. The Morgan fingerprint density at radius 2 is 1.61 bits per heavy atom. The molecule has 6 atom stereocenters. The highest BCUT2D eigenvalue weighted by molar-refractivity contribution is 5.99. The number of carbonyl (C=O) groups is 4. The van der Waals surface area contributed by atoms with E-state index in [1.165, 1.54) is 24.0 Å². The molecule has 2 aliphatic rings. The number of nitrogens with one attached hydrogen (secondary N) is 2. The predicted molar refractivity (Wildman–Crippen MR) is 178 cm³/mol. The zero-order valence-corrected chi connectivity index (χ0v) is 27.7. The van der Waals surface area contributed by atoms with Crippen LogP contribution in [0.15, 0.2) is 91.0 Å². The summed E-state index contributed by atoms with van der Waals surface area (Å²) in [6.45, 7) is 6.89. The Kier molecular flexibility index (Phi) is 10.3. The topological polar surface area (TPSA) is 105 Å². The van der Waals surface area contributed by atoms with E-state index in [0.717, 1.165) is 23.3 Å². The molecule has 5 rings (SSSR count). The Hall–Kier alpha value is -4.93. The lowest BCUT2D eigenvalue weighted by Gasteiger charge is -2.51. The molecule has 2 N–H and O–H groups in total. The molecule has 2 heterocycles. The molecule has 0 aliphatic carbocycles. The van der Waals surface area contributed by atoms with Crippen molar-refractivity contribution in [3.8, 4) is 0 Å². The number of carbonyl (C=O) groups excluding carboxylic acids is 4. The van der Waals surface area contributed by atoms with Crippen LogP contribution in [-0.2, 0) is 30.1 Å². The minimum absolute atomic E-state index is 0.195. The summed E-state index contributed by atoms with van der Waals surface area (Å²) in [5, 5.41) is 5.62. The van der Waals surface area contributed by atoms with Crippen molar-refractivity contribution in [3.05, 3.63) is 113 Å². The van der Waals surface area contributed by atoms with Crippen molar-refractivity contribution >= 4 is 29.8 Å². The third-order valence-corrected chi connectivity index (χ3v) is 8.85. The molecule has 0 bridgehead atoms. The number of rotatable bonds is 10. The van der Waals surface area contributed by atoms with Gasteiger partial charge in [0.15, 0.2) is 0 Å². The van der Waals surface area contributed by atoms with E-state index in [9.17, 15) is 32.3 Å². The van der Waals surface area contributed by atoms with Crippen molar-refractivity contribution in [1.29, 1.82) is 0 Å². The van der Waals surface area contributed by atoms with Gasteiger partial charge in [0.05, 0.1) is 35.9 Å². The van der Waals surface area contributed by atoms with Crippen LogP contribution in [-0.4, -0.2) is 52.8 Å². The Labute approximate surface area is 283 Å². The van der Waals surface area contributed by atoms with Crippen molar-refractivity contribution in [1.82, 2.24) is 15.5 Å². The maximum atomic E-state index is 14.3. The van der Waals surface area contributed by atoms with E-state index in [1.54, 1.807) is 32.9 Å². The van der Waals surface area contributed by atoms with Crippen molar-refractivity contribution < 1.29 is 37.1 Å². The molecule has 3 aromatic carbocycles. The zero-order valence-electron chi connectivity index (χ0n) is 27.7. The fourth-order valence-electron chi connectivity index (χ4n) is 6.58. The van der Waals surface area contributed by atoms with Crippen LogP contribution in [0.4, 0.5) is 13.2 Å².